The molecule has 0 bridgehead atoms. The molecule has 22 aromatic carbocycles. The highest BCUT2D eigenvalue weighted by molar-refractivity contribution is 8.34. The monoisotopic (exact) mass is 1910 g/mol. The van der Waals surface area contributed by atoms with Crippen molar-refractivity contribution in [2.75, 3.05) is 0 Å². The molecule has 8 nitrogen and oxygen atoms in total. The van der Waals surface area contributed by atoms with Gasteiger partial charge in [-0.3, -0.25) is 0 Å². The molecular weight excluding hydrogens is 1820 g/mol. The lowest BCUT2D eigenvalue weighted by atomic mass is 10.1. The van der Waals surface area contributed by atoms with Crippen molar-refractivity contribution in [2.45, 2.75) is 32.7 Å². The number of nitrogens with zero attached hydrogens (tertiary/aromatic N) is 4. The summed E-state index contributed by atoms with van der Waals surface area (Å²) in [6.45, 7) is 4.90. The van der Waals surface area contributed by atoms with E-state index in [4.69, 9.17) is 17.7 Å². The Morgan fingerprint density at radius 1 is 0.166 bits per heavy atom. The van der Waals surface area contributed by atoms with Gasteiger partial charge in [0.05, 0.1) is 44.1 Å². The first kappa shape index (κ1) is 85.0. The summed E-state index contributed by atoms with van der Waals surface area (Å²) in [5.74, 6) is 0. The number of fused-ring (bicyclic) bond motifs is 24. The molecule has 8 heterocycles. The van der Waals surface area contributed by atoms with Gasteiger partial charge in [0.1, 0.15) is 52.7 Å². The molecule has 686 valence electrons. The van der Waals surface area contributed by atoms with Gasteiger partial charge < -0.3 is 35.9 Å². The van der Waals surface area contributed by atoms with E-state index in [1.165, 1.54) is 138 Å². The Kier molecular flexibility index (Phi) is 20.1. The van der Waals surface area contributed by atoms with E-state index in [0.29, 0.717) is 0 Å². The largest absolute Gasteiger partial charge is 0.456 e. The lowest BCUT2D eigenvalue weighted by Gasteiger charge is -2.41. The molecule has 0 unspecified atom stereocenters. The Bertz CT molecular complexity index is 9580. The van der Waals surface area contributed by atoms with E-state index < -0.39 is 26.2 Å². The highest BCUT2D eigenvalue weighted by atomic mass is 32.3. The van der Waals surface area contributed by atoms with Gasteiger partial charge in [-0.05, 0) is 203 Å². The Morgan fingerprint density at radius 2 is 0.379 bits per heavy atom. The summed E-state index contributed by atoms with van der Waals surface area (Å²) in [6, 6.07) is 189. The van der Waals surface area contributed by atoms with Crippen LogP contribution in [0.1, 0.15) is 0 Å². The average Bonchev–Trinajstić information content (AvgIpc) is 1.69. The average molecular weight is 1910 g/mol. The molecule has 30 rings (SSSR count). The number of rotatable bonds is 14. The molecule has 0 aliphatic rings. The van der Waals surface area contributed by atoms with Gasteiger partial charge in [-0.2, -0.15) is 0 Å². The van der Waals surface area contributed by atoms with E-state index in [1.54, 1.807) is 0 Å². The summed E-state index contributed by atoms with van der Waals surface area (Å²) in [4.78, 5) is 5.04. The minimum Gasteiger partial charge on any atom is -0.456 e. The van der Waals surface area contributed by atoms with Gasteiger partial charge in [0.2, 0.25) is 0 Å². The molecule has 0 aliphatic heterocycles. The quantitative estimate of drug-likeness (QED) is 0.0803. The van der Waals surface area contributed by atoms with Crippen LogP contribution in [0.5, 0.6) is 0 Å². The fourth-order valence-electron chi connectivity index (χ4n) is 23.6. The van der Waals surface area contributed by atoms with Gasteiger partial charge in [-0.15, -0.1) is 10.0 Å². The van der Waals surface area contributed by atoms with E-state index in [1.807, 2.05) is 0 Å². The molecule has 145 heavy (non-hydrogen) atoms. The Balaban J connectivity index is 0.000000106. The zero-order valence-corrected chi connectivity index (χ0v) is 82.3. The molecule has 0 saturated heterocycles. The van der Waals surface area contributed by atoms with Crippen LogP contribution in [0, 0.1) is 0 Å². The van der Waals surface area contributed by atoms with E-state index in [2.05, 4.69) is 553 Å². The van der Waals surface area contributed by atoms with Crippen molar-refractivity contribution in [3.63, 3.8) is 0 Å². The van der Waals surface area contributed by atoms with Crippen LogP contribution in [0.4, 0.5) is 0 Å². The third kappa shape index (κ3) is 13.5. The maximum atomic E-state index is 6.91. The Hall–Kier alpha value is -18.0. The van der Waals surface area contributed by atoms with Crippen LogP contribution in [0.15, 0.2) is 559 Å². The lowest BCUT2D eigenvalue weighted by molar-refractivity contribution is 0.659. The van der Waals surface area contributed by atoms with Gasteiger partial charge in [0.15, 0.2) is 8.07 Å². The van der Waals surface area contributed by atoms with Gasteiger partial charge in [-0.25, -0.2) is 0 Å². The maximum Gasteiger partial charge on any atom is 0.179 e. The van der Waals surface area contributed by atoms with Crippen LogP contribution in [0.2, 0.25) is 13.1 Å². The van der Waals surface area contributed by atoms with Crippen LogP contribution >= 0.6 is 10.0 Å². The molecule has 0 radical (unpaired) electrons. The van der Waals surface area contributed by atoms with Crippen molar-refractivity contribution in [1.82, 2.24) is 18.3 Å². The first-order valence-corrected chi connectivity index (χ1v) is 56.3. The second-order valence-corrected chi connectivity index (χ2v) is 49.7. The van der Waals surface area contributed by atoms with E-state index in [0.717, 1.165) is 111 Å². The minimum atomic E-state index is -2.66. The van der Waals surface area contributed by atoms with Gasteiger partial charge >= 0.3 is 0 Å². The minimum absolute atomic E-state index is 0.893. The molecule has 30 aromatic rings. The second kappa shape index (κ2) is 34.2. The summed E-state index contributed by atoms with van der Waals surface area (Å²) < 4.78 is 35.8. The van der Waals surface area contributed by atoms with Crippen molar-refractivity contribution < 1.29 is 17.7 Å². The van der Waals surface area contributed by atoms with Gasteiger partial charge in [0.25, 0.3) is 0 Å². The molecular formula is C134H92N4O4SSi2. The zero-order valence-electron chi connectivity index (χ0n) is 79.5. The Labute approximate surface area is 838 Å². The Morgan fingerprint density at radius 3 is 0.662 bits per heavy atom. The normalized spacial score (nSPS) is 12.3. The van der Waals surface area contributed by atoms with E-state index >= 15 is 0 Å². The SMILES string of the molecule is C[Si](C)(c1ccc2oc3ccc(-n4c5ccccc5c5ccccc54)cc3c2c1)c1ccc2oc3ccc(-n4c5ccccc5c5ccccc54)cc3c2c1.c1ccc(S(c2ccccc2)(c2ccccc2)c2cccc3c2oc2ccc(-n4c5ccccc5c5ccccc54)cc23)cc1.c1ccc([Si](c2ccccc2)(c2ccccc2)c2ccc3oc4ccc(-n5c6ccccc6c6ccccc65)cc4c3c2)cc1. The van der Waals surface area contributed by atoms with Crippen molar-refractivity contribution in [3.8, 4) is 22.7 Å². The molecule has 0 N–H and O–H groups in total. The summed E-state index contributed by atoms with van der Waals surface area (Å²) >= 11 is 0. The molecule has 0 atom stereocenters. The van der Waals surface area contributed by atoms with E-state index in [-0.39, 0.29) is 0 Å². The van der Waals surface area contributed by atoms with Crippen molar-refractivity contribution in [1.29, 1.82) is 0 Å². The fourth-order valence-corrected chi connectivity index (χ4v) is 34.7. The third-order valence-electron chi connectivity index (χ3n) is 30.3. The number of hydrogen-bond donors (Lipinski definition) is 0. The summed E-state index contributed by atoms with van der Waals surface area (Å²) in [5, 5.41) is 27.3. The topological polar surface area (TPSA) is 72.3 Å². The lowest BCUT2D eigenvalue weighted by Crippen LogP contribution is -2.74. The smallest absolute Gasteiger partial charge is 0.179 e. The van der Waals surface area contributed by atoms with Gasteiger partial charge in [0, 0.05) is 129 Å². The molecule has 8 aromatic heterocycles. The molecule has 0 aliphatic carbocycles. The van der Waals surface area contributed by atoms with E-state index in [9.17, 15) is 0 Å². The first-order chi connectivity index (χ1) is 71.7. The molecule has 0 saturated carbocycles. The number of para-hydroxylation sites is 9. The molecule has 11 heteroatoms. The number of furan rings is 4. The number of aromatic nitrogens is 4. The number of benzene rings is 22. The summed E-state index contributed by atoms with van der Waals surface area (Å²) in [5.41, 5.74) is 21.4. The first-order valence-electron chi connectivity index (χ1n) is 49.6. The van der Waals surface area contributed by atoms with Crippen LogP contribution in [0.25, 0.3) is 198 Å². The molecule has 0 fully saturated rings. The third-order valence-corrected chi connectivity index (χ3v) is 42.5. The van der Waals surface area contributed by atoms with Crippen molar-refractivity contribution >= 4 is 232 Å². The van der Waals surface area contributed by atoms with Crippen molar-refractivity contribution in [2.24, 2.45) is 0 Å². The highest BCUT2D eigenvalue weighted by Gasteiger charge is 2.43. The maximum absolute atomic E-state index is 6.91. The number of hydrogen-bond acceptors (Lipinski definition) is 4. The van der Waals surface area contributed by atoms with Gasteiger partial charge in [-0.1, -0.05) is 363 Å². The highest BCUT2D eigenvalue weighted by Crippen LogP contribution is 2.75. The summed E-state index contributed by atoms with van der Waals surface area (Å²) in [7, 11) is -6.74. The van der Waals surface area contributed by atoms with Crippen LogP contribution < -0.4 is 31.1 Å². The van der Waals surface area contributed by atoms with Crippen LogP contribution in [0.3, 0.4) is 0 Å². The van der Waals surface area contributed by atoms with Crippen LogP contribution in [-0.4, -0.2) is 34.4 Å². The predicted octanol–water partition coefficient (Wildman–Crippen LogP) is 32.6. The second-order valence-electron chi connectivity index (χ2n) is 38.4. The molecule has 0 spiro atoms. The zero-order chi connectivity index (χ0) is 96.0. The fraction of sp³-hybridized carbons (Fsp3) is 0.0149. The predicted molar refractivity (Wildman–Crippen MR) is 613 cm³/mol. The molecule has 0 amide bonds. The van der Waals surface area contributed by atoms with Crippen molar-refractivity contribution in [3.05, 3.63) is 522 Å². The standard InChI is InChI=1S/C50H34N2O2Si.C42H29NOS.C42H29NOSi/c1-55(2,33-21-25-49-41(29-33)39-27-31(19-23-47(39)53-49)51-43-15-7-3-11-35(43)36-12-4-8-16-44(36)51)34-22-26-50-42(30-34)40-28-32(20-24-48(40)54-50)52-45-17-9-5-13-37(45)38-14-6-10-18-46(38)52;1-4-15-31(16-5-1)45(32-17-6-2-7-18-32,33-19-8-3-9-20-33)41-26-14-23-36-37-29-30(27-28-40(37)44-42(36)41)43-38-24-12-10-21-34(38)35-22-11-13-25-39(35)43;1-4-14-31(15-5-1)45(32-16-6-2-7-17-32,33-18-8-3-9-19-33)34-25-27-42-38(29-34)37-28-30(24-26-41(37)44-42)43-39-22-12-10-20-35(39)36-21-11-13-23-40(36)43/h3-30H,1-2H3;2*1-29H. The summed E-state index contributed by atoms with van der Waals surface area (Å²) in [6.07, 6.45) is 0. The van der Waals surface area contributed by atoms with Crippen LogP contribution in [-0.2, 0) is 0 Å².